The van der Waals surface area contributed by atoms with E-state index in [1.54, 1.807) is 0 Å². The first-order chi connectivity index (χ1) is 14.3. The van der Waals surface area contributed by atoms with Crippen molar-refractivity contribution in [3.63, 3.8) is 0 Å². The van der Waals surface area contributed by atoms with Crippen LogP contribution in [0.25, 0.3) is 54.2 Å². The van der Waals surface area contributed by atoms with Gasteiger partial charge in [-0.25, -0.2) is 0 Å². The van der Waals surface area contributed by atoms with Gasteiger partial charge in [0.2, 0.25) is 0 Å². The summed E-state index contributed by atoms with van der Waals surface area (Å²) < 4.78 is 0. The van der Waals surface area contributed by atoms with Crippen molar-refractivity contribution in [2.45, 2.75) is 6.42 Å². The zero-order valence-corrected chi connectivity index (χ0v) is 15.9. The highest BCUT2D eigenvalue weighted by atomic mass is 14.2. The van der Waals surface area contributed by atoms with Gasteiger partial charge in [0.15, 0.2) is 0 Å². The Morgan fingerprint density at radius 1 is 0.345 bits per heavy atom. The Labute approximate surface area is 169 Å². The molecule has 1 aliphatic carbocycles. The summed E-state index contributed by atoms with van der Waals surface area (Å²) in [6, 6.07) is 36.2. The van der Waals surface area contributed by atoms with E-state index in [1.165, 1.54) is 65.3 Å². The average molecular weight is 366 g/mol. The van der Waals surface area contributed by atoms with Crippen LogP contribution in [0, 0.1) is 0 Å². The van der Waals surface area contributed by atoms with Crippen LogP contribution in [0.5, 0.6) is 0 Å². The summed E-state index contributed by atoms with van der Waals surface area (Å²) in [7, 11) is 0. The normalized spacial score (nSPS) is 12.7. The van der Waals surface area contributed by atoms with Crippen LogP contribution in [0.3, 0.4) is 0 Å². The number of fused-ring (bicyclic) bond motifs is 7. The van der Waals surface area contributed by atoms with Gasteiger partial charge < -0.3 is 0 Å². The van der Waals surface area contributed by atoms with Crippen molar-refractivity contribution in [1.29, 1.82) is 0 Å². The van der Waals surface area contributed by atoms with Crippen LogP contribution < -0.4 is 0 Å². The molecular formula is C29H18. The molecule has 1 aliphatic rings. The molecule has 0 nitrogen and oxygen atoms in total. The first kappa shape index (κ1) is 15.3. The highest BCUT2D eigenvalue weighted by Crippen LogP contribution is 2.42. The Kier molecular flexibility index (Phi) is 2.88. The van der Waals surface area contributed by atoms with Crippen LogP contribution in [-0.4, -0.2) is 0 Å². The summed E-state index contributed by atoms with van der Waals surface area (Å²) in [4.78, 5) is 0. The maximum Gasteiger partial charge on any atom is -0.00130 e. The molecule has 7 rings (SSSR count). The van der Waals surface area contributed by atoms with Crippen molar-refractivity contribution in [2.75, 3.05) is 0 Å². The van der Waals surface area contributed by atoms with Gasteiger partial charge in [-0.3, -0.25) is 0 Å². The fourth-order valence-corrected chi connectivity index (χ4v) is 5.08. The maximum atomic E-state index is 2.40. The quantitative estimate of drug-likeness (QED) is 0.240. The molecule has 0 spiro atoms. The molecule has 0 atom stereocenters. The molecule has 0 amide bonds. The van der Waals surface area contributed by atoms with Gasteiger partial charge in [0.1, 0.15) is 0 Å². The zero-order valence-electron chi connectivity index (χ0n) is 15.9. The van der Waals surface area contributed by atoms with Crippen molar-refractivity contribution in [1.82, 2.24) is 0 Å². The Bertz CT molecular complexity index is 1500. The predicted molar refractivity (Wildman–Crippen MR) is 125 cm³/mol. The fourth-order valence-electron chi connectivity index (χ4n) is 5.08. The zero-order chi connectivity index (χ0) is 18.9. The lowest BCUT2D eigenvalue weighted by molar-refractivity contribution is 1.28. The average Bonchev–Trinajstić information content (AvgIpc) is 3.09. The molecule has 29 heavy (non-hydrogen) atoms. The molecule has 6 aromatic carbocycles. The topological polar surface area (TPSA) is 0 Å². The number of hydrogen-bond donors (Lipinski definition) is 0. The van der Waals surface area contributed by atoms with Gasteiger partial charge in [0.25, 0.3) is 0 Å². The highest BCUT2D eigenvalue weighted by Gasteiger charge is 2.20. The molecule has 0 aromatic heterocycles. The van der Waals surface area contributed by atoms with Gasteiger partial charge in [-0.1, -0.05) is 60.7 Å². The summed E-state index contributed by atoms with van der Waals surface area (Å²) in [5.74, 6) is 0. The molecule has 134 valence electrons. The minimum Gasteiger partial charge on any atom is -0.0616 e. The number of hydrogen-bond acceptors (Lipinski definition) is 0. The Balaban J connectivity index is 1.49. The molecule has 0 heterocycles. The largest absolute Gasteiger partial charge is 0.0616 e. The van der Waals surface area contributed by atoms with Gasteiger partial charge in [0, 0.05) is 0 Å². The van der Waals surface area contributed by atoms with E-state index in [0.717, 1.165) is 6.42 Å². The molecule has 0 radical (unpaired) electrons. The van der Waals surface area contributed by atoms with E-state index in [-0.39, 0.29) is 0 Å². The maximum absolute atomic E-state index is 2.40. The predicted octanol–water partition coefficient (Wildman–Crippen LogP) is 7.87. The van der Waals surface area contributed by atoms with Crippen molar-refractivity contribution in [3.8, 4) is 11.1 Å². The first-order valence-corrected chi connectivity index (χ1v) is 10.2. The van der Waals surface area contributed by atoms with E-state index in [2.05, 4.69) is 97.1 Å². The Morgan fingerprint density at radius 2 is 0.690 bits per heavy atom. The summed E-state index contributed by atoms with van der Waals surface area (Å²) in [5, 5.41) is 10.6. The van der Waals surface area contributed by atoms with Crippen LogP contribution in [-0.2, 0) is 6.42 Å². The summed E-state index contributed by atoms with van der Waals surface area (Å²) >= 11 is 0. The third kappa shape index (κ3) is 2.20. The van der Waals surface area contributed by atoms with Gasteiger partial charge in [0.05, 0.1) is 0 Å². The highest BCUT2D eigenvalue weighted by molar-refractivity contribution is 6.04. The molecule has 0 saturated heterocycles. The molecule has 0 aliphatic heterocycles. The van der Waals surface area contributed by atoms with Crippen molar-refractivity contribution < 1.29 is 0 Å². The van der Waals surface area contributed by atoms with E-state index >= 15 is 0 Å². The van der Waals surface area contributed by atoms with Crippen LogP contribution >= 0.6 is 0 Å². The third-order valence-corrected chi connectivity index (χ3v) is 6.52. The lowest BCUT2D eigenvalue weighted by Gasteiger charge is -2.08. The second-order valence-corrected chi connectivity index (χ2v) is 8.29. The Morgan fingerprint density at radius 3 is 1.07 bits per heavy atom. The number of rotatable bonds is 0. The molecule has 0 heteroatoms. The van der Waals surface area contributed by atoms with Crippen molar-refractivity contribution in [3.05, 3.63) is 108 Å². The van der Waals surface area contributed by atoms with E-state index < -0.39 is 0 Å². The third-order valence-electron chi connectivity index (χ3n) is 6.52. The second-order valence-electron chi connectivity index (χ2n) is 8.29. The fraction of sp³-hybridized carbons (Fsp3) is 0.0345. The molecule has 0 bridgehead atoms. The van der Waals surface area contributed by atoms with Gasteiger partial charge >= 0.3 is 0 Å². The smallest absolute Gasteiger partial charge is 0.00130 e. The lowest BCUT2D eigenvalue weighted by atomic mass is 9.96. The van der Waals surface area contributed by atoms with E-state index in [4.69, 9.17) is 0 Å². The molecule has 0 N–H and O–H groups in total. The molecule has 0 unspecified atom stereocenters. The number of benzene rings is 6. The molecule has 0 fully saturated rings. The van der Waals surface area contributed by atoms with Gasteiger partial charge in [-0.2, -0.15) is 0 Å². The first-order valence-electron chi connectivity index (χ1n) is 10.2. The molecular weight excluding hydrogens is 348 g/mol. The monoisotopic (exact) mass is 366 g/mol. The van der Waals surface area contributed by atoms with Crippen LogP contribution in [0.1, 0.15) is 11.1 Å². The lowest BCUT2D eigenvalue weighted by Crippen LogP contribution is -1.82. The van der Waals surface area contributed by atoms with Crippen LogP contribution in [0.4, 0.5) is 0 Å². The van der Waals surface area contributed by atoms with Crippen molar-refractivity contribution in [2.24, 2.45) is 0 Å². The molecule has 6 aromatic rings. The van der Waals surface area contributed by atoms with Crippen molar-refractivity contribution >= 4 is 43.1 Å². The minimum absolute atomic E-state index is 1.02. The van der Waals surface area contributed by atoms with E-state index in [0.29, 0.717) is 0 Å². The second kappa shape index (κ2) is 5.46. The SMILES string of the molecule is c1ccc2cc3cc4c(cc3cc2c1)Cc1cc2cc3ccccc3cc2cc1-4. The van der Waals surface area contributed by atoms with Gasteiger partial charge in [-0.15, -0.1) is 0 Å². The van der Waals surface area contributed by atoms with E-state index in [1.807, 2.05) is 0 Å². The van der Waals surface area contributed by atoms with Gasteiger partial charge in [-0.05, 0) is 108 Å². The summed E-state index contributed by atoms with van der Waals surface area (Å²) in [5.41, 5.74) is 5.70. The summed E-state index contributed by atoms with van der Waals surface area (Å²) in [6.07, 6.45) is 1.02. The van der Waals surface area contributed by atoms with Crippen LogP contribution in [0.2, 0.25) is 0 Å². The Hall–Kier alpha value is -3.64. The van der Waals surface area contributed by atoms with Crippen LogP contribution in [0.15, 0.2) is 97.1 Å². The summed E-state index contributed by atoms with van der Waals surface area (Å²) in [6.45, 7) is 0. The standard InChI is InChI=1S/C29H18/c1-3-7-20-11-24-16-28-26(13-22(24)9-18(20)5-1)15-27-14-23-10-19-6-2-4-8-21(19)12-25(23)17-29(27)28/h1-14,16-17H,15H2. The minimum atomic E-state index is 1.02. The van der Waals surface area contributed by atoms with E-state index in [9.17, 15) is 0 Å². The molecule has 0 saturated carbocycles.